The standard InChI is InChI=1S/C14H20N2O4/c1-14(2,6-5-12(18)19)7-8-15-13(20)10-3-4-11(17)16-9-10/h3-4,9H,5-8H2,1-2H3,(H,15,20)(H,16,17)(H,18,19). The van der Waals surface area contributed by atoms with E-state index in [1.807, 2.05) is 13.8 Å². The SMILES string of the molecule is CC(C)(CCNC(=O)c1ccc(=O)[nH]c1)CCC(=O)O. The van der Waals surface area contributed by atoms with Crippen molar-refractivity contribution in [2.24, 2.45) is 5.41 Å². The lowest BCUT2D eigenvalue weighted by atomic mass is 9.84. The minimum Gasteiger partial charge on any atom is -0.481 e. The molecule has 3 N–H and O–H groups in total. The number of aromatic amines is 1. The molecule has 6 heteroatoms. The average Bonchev–Trinajstić information content (AvgIpc) is 2.37. The first-order valence-electron chi connectivity index (χ1n) is 6.49. The van der Waals surface area contributed by atoms with Gasteiger partial charge in [0.15, 0.2) is 0 Å². The maximum absolute atomic E-state index is 11.8. The molecule has 6 nitrogen and oxygen atoms in total. The molecule has 1 rings (SSSR count). The number of carbonyl (C=O) groups excluding carboxylic acids is 1. The Hall–Kier alpha value is -2.11. The molecule has 0 radical (unpaired) electrons. The van der Waals surface area contributed by atoms with Crippen molar-refractivity contribution in [3.63, 3.8) is 0 Å². The monoisotopic (exact) mass is 280 g/mol. The predicted octanol–water partition coefficient (Wildman–Crippen LogP) is 1.39. The van der Waals surface area contributed by atoms with Gasteiger partial charge in [0.2, 0.25) is 5.56 Å². The summed E-state index contributed by atoms with van der Waals surface area (Å²) in [6.07, 6.45) is 2.75. The van der Waals surface area contributed by atoms with Crippen molar-refractivity contribution in [3.05, 3.63) is 34.2 Å². The van der Waals surface area contributed by atoms with E-state index in [-0.39, 0.29) is 23.3 Å². The van der Waals surface area contributed by atoms with Crippen LogP contribution in [-0.2, 0) is 4.79 Å². The zero-order valence-corrected chi connectivity index (χ0v) is 11.7. The summed E-state index contributed by atoms with van der Waals surface area (Å²) in [5.41, 5.74) is 0.000675. The molecule has 1 aromatic rings. The predicted molar refractivity (Wildman–Crippen MR) is 74.7 cm³/mol. The topological polar surface area (TPSA) is 99.3 Å². The molecule has 0 aliphatic rings. The first-order valence-corrected chi connectivity index (χ1v) is 6.49. The number of aliphatic carboxylic acids is 1. The molecule has 0 aliphatic heterocycles. The number of amides is 1. The van der Waals surface area contributed by atoms with Crippen LogP contribution in [0, 0.1) is 5.41 Å². The Bertz CT molecular complexity index is 514. The van der Waals surface area contributed by atoms with E-state index in [2.05, 4.69) is 10.3 Å². The molecular weight excluding hydrogens is 260 g/mol. The molecule has 1 aromatic heterocycles. The van der Waals surface area contributed by atoms with Crippen LogP contribution >= 0.6 is 0 Å². The van der Waals surface area contributed by atoms with Gasteiger partial charge in [0.1, 0.15) is 0 Å². The van der Waals surface area contributed by atoms with Gasteiger partial charge in [-0.1, -0.05) is 13.8 Å². The second-order valence-electron chi connectivity index (χ2n) is 5.51. The zero-order chi connectivity index (χ0) is 15.2. The number of carboxylic acid groups (broad SMARTS) is 1. The molecule has 110 valence electrons. The Morgan fingerprint density at radius 3 is 2.55 bits per heavy atom. The minimum atomic E-state index is -0.810. The van der Waals surface area contributed by atoms with Crippen LogP contribution in [0.4, 0.5) is 0 Å². The molecule has 0 aromatic carbocycles. The van der Waals surface area contributed by atoms with Gasteiger partial charge < -0.3 is 15.4 Å². The van der Waals surface area contributed by atoms with Crippen molar-refractivity contribution in [2.75, 3.05) is 6.54 Å². The van der Waals surface area contributed by atoms with Crippen molar-refractivity contribution in [2.45, 2.75) is 33.1 Å². The number of hydrogen-bond acceptors (Lipinski definition) is 3. The van der Waals surface area contributed by atoms with Crippen LogP contribution < -0.4 is 10.9 Å². The van der Waals surface area contributed by atoms with E-state index >= 15 is 0 Å². The number of hydrogen-bond donors (Lipinski definition) is 3. The first-order chi connectivity index (χ1) is 9.30. The highest BCUT2D eigenvalue weighted by Gasteiger charge is 2.19. The summed E-state index contributed by atoms with van der Waals surface area (Å²) in [4.78, 5) is 35.6. The third kappa shape index (κ3) is 5.69. The first kappa shape index (κ1) is 15.9. The maximum atomic E-state index is 11.8. The van der Waals surface area contributed by atoms with Crippen LogP contribution in [-0.4, -0.2) is 28.5 Å². The molecular formula is C14H20N2O4. The maximum Gasteiger partial charge on any atom is 0.303 e. The second kappa shape index (κ2) is 6.88. The lowest BCUT2D eigenvalue weighted by Crippen LogP contribution is -2.28. The van der Waals surface area contributed by atoms with Gasteiger partial charge in [-0.25, -0.2) is 0 Å². The van der Waals surface area contributed by atoms with Gasteiger partial charge in [0.05, 0.1) is 5.56 Å². The van der Waals surface area contributed by atoms with Crippen LogP contribution in [0.1, 0.15) is 43.5 Å². The number of carbonyl (C=O) groups is 2. The Kier molecular flexibility index (Phi) is 5.49. The summed E-state index contributed by atoms with van der Waals surface area (Å²) in [7, 11) is 0. The average molecular weight is 280 g/mol. The van der Waals surface area contributed by atoms with Crippen LogP contribution in [0.5, 0.6) is 0 Å². The fraction of sp³-hybridized carbons (Fsp3) is 0.500. The Morgan fingerprint density at radius 2 is 2.00 bits per heavy atom. The molecule has 0 fully saturated rings. The van der Waals surface area contributed by atoms with E-state index in [9.17, 15) is 14.4 Å². The minimum absolute atomic E-state index is 0.126. The third-order valence-corrected chi connectivity index (χ3v) is 3.15. The van der Waals surface area contributed by atoms with Crippen molar-refractivity contribution in [1.29, 1.82) is 0 Å². The molecule has 20 heavy (non-hydrogen) atoms. The number of rotatable bonds is 7. The molecule has 0 saturated carbocycles. The summed E-state index contributed by atoms with van der Waals surface area (Å²) in [5.74, 6) is -1.06. The lowest BCUT2D eigenvalue weighted by Gasteiger charge is -2.23. The normalized spacial score (nSPS) is 11.1. The van der Waals surface area contributed by atoms with Gasteiger partial charge in [-0.2, -0.15) is 0 Å². The molecule has 0 aliphatic carbocycles. The van der Waals surface area contributed by atoms with Crippen molar-refractivity contribution < 1.29 is 14.7 Å². The number of aromatic nitrogens is 1. The Morgan fingerprint density at radius 1 is 1.30 bits per heavy atom. The zero-order valence-electron chi connectivity index (χ0n) is 11.7. The van der Waals surface area contributed by atoms with Crippen LogP contribution in [0.3, 0.4) is 0 Å². The van der Waals surface area contributed by atoms with E-state index in [1.165, 1.54) is 18.3 Å². The summed E-state index contributed by atoms with van der Waals surface area (Å²) in [5, 5.41) is 11.4. The molecule has 0 bridgehead atoms. The van der Waals surface area contributed by atoms with Crippen molar-refractivity contribution in [3.8, 4) is 0 Å². The molecule has 0 saturated heterocycles. The van der Waals surface area contributed by atoms with Gasteiger partial charge in [-0.15, -0.1) is 0 Å². The van der Waals surface area contributed by atoms with E-state index in [0.717, 1.165) is 0 Å². The molecule has 0 spiro atoms. The Labute approximate surface area is 117 Å². The summed E-state index contributed by atoms with van der Waals surface area (Å²) in [6.45, 7) is 4.41. The third-order valence-electron chi connectivity index (χ3n) is 3.15. The summed E-state index contributed by atoms with van der Waals surface area (Å²) >= 11 is 0. The van der Waals surface area contributed by atoms with Crippen molar-refractivity contribution in [1.82, 2.24) is 10.3 Å². The largest absolute Gasteiger partial charge is 0.481 e. The fourth-order valence-corrected chi connectivity index (χ4v) is 1.74. The number of nitrogens with one attached hydrogen (secondary N) is 2. The summed E-state index contributed by atoms with van der Waals surface area (Å²) in [6, 6.07) is 2.76. The smallest absolute Gasteiger partial charge is 0.303 e. The Balaban J connectivity index is 2.39. The highest BCUT2D eigenvalue weighted by atomic mass is 16.4. The lowest BCUT2D eigenvalue weighted by molar-refractivity contribution is -0.137. The van der Waals surface area contributed by atoms with Gasteiger partial charge in [0, 0.05) is 25.2 Å². The molecule has 1 amide bonds. The van der Waals surface area contributed by atoms with Crippen molar-refractivity contribution >= 4 is 11.9 Å². The molecule has 1 heterocycles. The number of carboxylic acids is 1. The van der Waals surface area contributed by atoms with E-state index in [4.69, 9.17) is 5.11 Å². The van der Waals surface area contributed by atoms with Crippen LogP contribution in [0.2, 0.25) is 0 Å². The van der Waals surface area contributed by atoms with Gasteiger partial charge in [0.25, 0.3) is 5.91 Å². The molecule has 0 unspecified atom stereocenters. The highest BCUT2D eigenvalue weighted by molar-refractivity contribution is 5.93. The fourth-order valence-electron chi connectivity index (χ4n) is 1.74. The van der Waals surface area contributed by atoms with E-state index < -0.39 is 5.97 Å². The highest BCUT2D eigenvalue weighted by Crippen LogP contribution is 2.25. The number of pyridine rings is 1. The van der Waals surface area contributed by atoms with Crippen LogP contribution in [0.15, 0.2) is 23.1 Å². The van der Waals surface area contributed by atoms with E-state index in [0.29, 0.717) is 24.9 Å². The van der Waals surface area contributed by atoms with Gasteiger partial charge in [-0.05, 0) is 24.3 Å². The van der Waals surface area contributed by atoms with Crippen LogP contribution in [0.25, 0.3) is 0 Å². The number of H-pyrrole nitrogens is 1. The van der Waals surface area contributed by atoms with E-state index in [1.54, 1.807) is 0 Å². The van der Waals surface area contributed by atoms with Gasteiger partial charge >= 0.3 is 5.97 Å². The summed E-state index contributed by atoms with van der Waals surface area (Å²) < 4.78 is 0. The molecule has 0 atom stereocenters. The second-order valence-corrected chi connectivity index (χ2v) is 5.51. The van der Waals surface area contributed by atoms with Gasteiger partial charge in [-0.3, -0.25) is 14.4 Å². The quantitative estimate of drug-likeness (QED) is 0.702.